The average Bonchev–Trinajstić information content (AvgIpc) is 2.33. The van der Waals surface area contributed by atoms with Gasteiger partial charge in [-0.2, -0.15) is 0 Å². The topological polar surface area (TPSA) is 42.1 Å². The summed E-state index contributed by atoms with van der Waals surface area (Å²) in [5.74, 6) is 0.722. The Morgan fingerprint density at radius 3 is 2.69 bits per heavy atom. The maximum Gasteiger partial charge on any atom is 0.129 e. The first kappa shape index (κ1) is 11.8. The van der Waals surface area contributed by atoms with E-state index in [4.69, 9.17) is 17.3 Å². The predicted octanol–water partition coefficient (Wildman–Crippen LogP) is 1.91. The summed E-state index contributed by atoms with van der Waals surface area (Å²) in [4.78, 5) is 6.55. The molecule has 1 aromatic heterocycles. The van der Waals surface area contributed by atoms with Crippen LogP contribution in [0.15, 0.2) is 18.3 Å². The van der Waals surface area contributed by atoms with Crippen LogP contribution in [0.4, 0.5) is 0 Å². The molecule has 0 aromatic carbocycles. The van der Waals surface area contributed by atoms with Crippen LogP contribution in [0.5, 0.6) is 0 Å². The van der Waals surface area contributed by atoms with Gasteiger partial charge in [0.1, 0.15) is 5.15 Å². The van der Waals surface area contributed by atoms with Gasteiger partial charge in [0.25, 0.3) is 0 Å². The van der Waals surface area contributed by atoms with Gasteiger partial charge in [-0.25, -0.2) is 4.98 Å². The van der Waals surface area contributed by atoms with Crippen molar-refractivity contribution in [2.75, 3.05) is 19.6 Å². The van der Waals surface area contributed by atoms with E-state index in [1.165, 1.54) is 18.4 Å². The van der Waals surface area contributed by atoms with Gasteiger partial charge in [-0.15, -0.1) is 0 Å². The zero-order valence-corrected chi connectivity index (χ0v) is 10.2. The Morgan fingerprint density at radius 2 is 2.12 bits per heavy atom. The monoisotopic (exact) mass is 239 g/mol. The second-order valence-electron chi connectivity index (χ2n) is 4.44. The Labute approximate surface area is 102 Å². The third-order valence-electron chi connectivity index (χ3n) is 3.24. The smallest absolute Gasteiger partial charge is 0.129 e. The highest BCUT2D eigenvalue weighted by atomic mass is 35.5. The highest BCUT2D eigenvalue weighted by molar-refractivity contribution is 6.29. The van der Waals surface area contributed by atoms with E-state index in [0.29, 0.717) is 5.15 Å². The molecule has 4 heteroatoms. The molecular formula is C12H18ClN3. The molecule has 0 spiro atoms. The van der Waals surface area contributed by atoms with Gasteiger partial charge >= 0.3 is 0 Å². The zero-order chi connectivity index (χ0) is 11.4. The van der Waals surface area contributed by atoms with Crippen LogP contribution < -0.4 is 5.73 Å². The first-order valence-electron chi connectivity index (χ1n) is 5.81. The maximum atomic E-state index is 5.75. The summed E-state index contributed by atoms with van der Waals surface area (Å²) in [7, 11) is 0. The fourth-order valence-electron chi connectivity index (χ4n) is 2.14. The normalized spacial score (nSPS) is 18.9. The minimum atomic E-state index is 0.561. The average molecular weight is 240 g/mol. The summed E-state index contributed by atoms with van der Waals surface area (Å²) in [6.07, 6.45) is 4.30. The van der Waals surface area contributed by atoms with E-state index in [1.807, 2.05) is 18.3 Å². The third-order valence-corrected chi connectivity index (χ3v) is 3.46. The number of likely N-dealkylation sites (tertiary alicyclic amines) is 1. The van der Waals surface area contributed by atoms with Gasteiger partial charge in [0.2, 0.25) is 0 Å². The first-order chi connectivity index (χ1) is 7.78. The molecule has 1 aromatic rings. The number of nitrogens with two attached hydrogens (primary N) is 1. The van der Waals surface area contributed by atoms with Gasteiger partial charge in [0.05, 0.1) is 0 Å². The minimum absolute atomic E-state index is 0.561. The summed E-state index contributed by atoms with van der Waals surface area (Å²) >= 11 is 5.75. The lowest BCUT2D eigenvalue weighted by molar-refractivity contribution is 0.180. The van der Waals surface area contributed by atoms with Gasteiger partial charge in [0, 0.05) is 12.7 Å². The van der Waals surface area contributed by atoms with Crippen molar-refractivity contribution in [1.82, 2.24) is 9.88 Å². The Bertz CT molecular complexity index is 318. The molecule has 0 aliphatic carbocycles. The molecule has 16 heavy (non-hydrogen) atoms. The van der Waals surface area contributed by atoms with Crippen LogP contribution in [0.1, 0.15) is 18.4 Å². The van der Waals surface area contributed by atoms with E-state index in [1.54, 1.807) is 0 Å². The minimum Gasteiger partial charge on any atom is -0.330 e. The molecular weight excluding hydrogens is 222 g/mol. The SMILES string of the molecule is NCC1CCN(Cc2ccc(Cl)nc2)CC1. The van der Waals surface area contributed by atoms with E-state index in [-0.39, 0.29) is 0 Å². The summed E-state index contributed by atoms with van der Waals surface area (Å²) in [5, 5.41) is 0.561. The van der Waals surface area contributed by atoms with Gasteiger partial charge < -0.3 is 5.73 Å². The van der Waals surface area contributed by atoms with Crippen LogP contribution >= 0.6 is 11.6 Å². The number of hydrogen-bond acceptors (Lipinski definition) is 3. The van der Waals surface area contributed by atoms with E-state index in [0.717, 1.165) is 32.1 Å². The molecule has 1 saturated heterocycles. The van der Waals surface area contributed by atoms with E-state index in [2.05, 4.69) is 9.88 Å². The highest BCUT2D eigenvalue weighted by Gasteiger charge is 2.17. The number of nitrogens with zero attached hydrogens (tertiary/aromatic N) is 2. The number of aromatic nitrogens is 1. The van der Waals surface area contributed by atoms with E-state index >= 15 is 0 Å². The summed E-state index contributed by atoms with van der Waals surface area (Å²) in [5.41, 5.74) is 6.91. The van der Waals surface area contributed by atoms with Crippen molar-refractivity contribution in [3.05, 3.63) is 29.0 Å². The molecule has 0 bridgehead atoms. The molecule has 1 fully saturated rings. The first-order valence-corrected chi connectivity index (χ1v) is 6.18. The molecule has 0 amide bonds. The molecule has 1 aliphatic rings. The van der Waals surface area contributed by atoms with Crippen LogP contribution in [-0.4, -0.2) is 29.5 Å². The van der Waals surface area contributed by atoms with Crippen LogP contribution in [0.2, 0.25) is 5.15 Å². The summed E-state index contributed by atoms with van der Waals surface area (Å²) in [6.45, 7) is 4.09. The molecule has 0 unspecified atom stereocenters. The van der Waals surface area contributed by atoms with Crippen molar-refractivity contribution >= 4 is 11.6 Å². The van der Waals surface area contributed by atoms with Gasteiger partial charge in [-0.1, -0.05) is 17.7 Å². The van der Waals surface area contributed by atoms with Crippen molar-refractivity contribution in [3.8, 4) is 0 Å². The Morgan fingerprint density at radius 1 is 1.38 bits per heavy atom. The van der Waals surface area contributed by atoms with E-state index < -0.39 is 0 Å². The lowest BCUT2D eigenvalue weighted by atomic mass is 9.97. The predicted molar refractivity (Wildman–Crippen MR) is 66.3 cm³/mol. The zero-order valence-electron chi connectivity index (χ0n) is 9.40. The Balaban J connectivity index is 1.84. The Hall–Kier alpha value is -0.640. The van der Waals surface area contributed by atoms with Gasteiger partial charge in [0.15, 0.2) is 0 Å². The fraction of sp³-hybridized carbons (Fsp3) is 0.583. The number of hydrogen-bond donors (Lipinski definition) is 1. The van der Waals surface area contributed by atoms with E-state index in [9.17, 15) is 0 Å². The molecule has 0 radical (unpaired) electrons. The molecule has 3 nitrogen and oxygen atoms in total. The lowest BCUT2D eigenvalue weighted by Crippen LogP contribution is -2.35. The number of rotatable bonds is 3. The Kier molecular flexibility index (Phi) is 4.16. The second-order valence-corrected chi connectivity index (χ2v) is 4.83. The van der Waals surface area contributed by atoms with Crippen molar-refractivity contribution < 1.29 is 0 Å². The molecule has 88 valence electrons. The molecule has 2 rings (SSSR count). The molecule has 2 heterocycles. The maximum absolute atomic E-state index is 5.75. The number of piperidine rings is 1. The van der Waals surface area contributed by atoms with Gasteiger partial charge in [-0.3, -0.25) is 4.90 Å². The highest BCUT2D eigenvalue weighted by Crippen LogP contribution is 2.18. The van der Waals surface area contributed by atoms with Crippen LogP contribution in [0, 0.1) is 5.92 Å². The summed E-state index contributed by atoms with van der Waals surface area (Å²) in [6, 6.07) is 3.90. The van der Waals surface area contributed by atoms with Crippen molar-refractivity contribution in [1.29, 1.82) is 0 Å². The third kappa shape index (κ3) is 3.17. The standard InChI is InChI=1S/C12H18ClN3/c13-12-2-1-11(8-15-12)9-16-5-3-10(7-14)4-6-16/h1-2,8,10H,3-7,9,14H2. The van der Waals surface area contributed by atoms with Crippen molar-refractivity contribution in [2.24, 2.45) is 11.7 Å². The molecule has 0 atom stereocenters. The summed E-state index contributed by atoms with van der Waals surface area (Å²) < 4.78 is 0. The number of pyridine rings is 1. The fourth-order valence-corrected chi connectivity index (χ4v) is 2.25. The van der Waals surface area contributed by atoms with Crippen LogP contribution in [-0.2, 0) is 6.54 Å². The van der Waals surface area contributed by atoms with Crippen LogP contribution in [0.3, 0.4) is 0 Å². The molecule has 1 aliphatic heterocycles. The second kappa shape index (κ2) is 5.62. The van der Waals surface area contributed by atoms with Crippen molar-refractivity contribution in [2.45, 2.75) is 19.4 Å². The van der Waals surface area contributed by atoms with Crippen molar-refractivity contribution in [3.63, 3.8) is 0 Å². The molecule has 2 N–H and O–H groups in total. The van der Waals surface area contributed by atoms with Gasteiger partial charge in [-0.05, 0) is 50.0 Å². The lowest BCUT2D eigenvalue weighted by Gasteiger charge is -2.31. The molecule has 0 saturated carbocycles. The largest absolute Gasteiger partial charge is 0.330 e. The number of halogens is 1. The quantitative estimate of drug-likeness (QED) is 0.820. The van der Waals surface area contributed by atoms with Crippen LogP contribution in [0.25, 0.3) is 0 Å².